The molecular formula is C69H63BrK2O7. The van der Waals surface area contributed by atoms with E-state index in [-0.39, 0.29) is 128 Å². The summed E-state index contributed by atoms with van der Waals surface area (Å²) in [5.74, 6) is 1.66. The van der Waals surface area contributed by atoms with Crippen molar-refractivity contribution in [2.24, 2.45) is 0 Å². The third-order valence-corrected chi connectivity index (χ3v) is 14.4. The smallest absolute Gasteiger partial charge is 1.00 e. The SMILES string of the molecule is C=CCBr.C=CCOc1ccc(C2(c3ccc(O)c(CC=C)c3)c3ccccc3-c3ccccc32)cc1CC=C.C=CCc1cc(C2(c3ccc(O)c(CC=C)c3)c3ccccc3-c3ccccc32)ccc1O.O=CO[O-].[H-].[K+].[K+]. The van der Waals surface area contributed by atoms with Crippen LogP contribution in [0.2, 0.25) is 0 Å². The van der Waals surface area contributed by atoms with Crippen LogP contribution < -0.4 is 113 Å². The Labute approximate surface area is 560 Å². The van der Waals surface area contributed by atoms with Gasteiger partial charge in [0.05, 0.1) is 10.8 Å². The Morgan fingerprint density at radius 1 is 0.443 bits per heavy atom. The van der Waals surface area contributed by atoms with Gasteiger partial charge in [-0.1, -0.05) is 205 Å². The molecule has 0 unspecified atom stereocenters. The predicted molar refractivity (Wildman–Crippen MR) is 316 cm³/mol. The summed E-state index contributed by atoms with van der Waals surface area (Å²) in [4.78, 5) is 11.2. The van der Waals surface area contributed by atoms with Crippen LogP contribution in [-0.4, -0.2) is 33.7 Å². The van der Waals surface area contributed by atoms with E-state index >= 15 is 0 Å². The number of alkyl halides is 1. The van der Waals surface area contributed by atoms with Crippen LogP contribution in [-0.2, 0) is 46.2 Å². The number of aromatic hydroxyl groups is 3. The molecule has 0 amide bonds. The first-order chi connectivity index (χ1) is 37.6. The summed E-state index contributed by atoms with van der Waals surface area (Å²) in [6.07, 6.45) is 13.4. The van der Waals surface area contributed by atoms with E-state index < -0.39 is 10.8 Å². The average Bonchev–Trinajstić information content (AvgIpc) is 4.00. The number of hydrogen-bond donors (Lipinski definition) is 3. The van der Waals surface area contributed by atoms with Gasteiger partial charge in [0.15, 0.2) is 0 Å². The van der Waals surface area contributed by atoms with Gasteiger partial charge in [0.2, 0.25) is 0 Å². The van der Waals surface area contributed by atoms with Crippen molar-refractivity contribution in [3.8, 4) is 45.3 Å². The molecule has 10 heteroatoms. The van der Waals surface area contributed by atoms with Crippen LogP contribution in [0.15, 0.2) is 246 Å². The van der Waals surface area contributed by atoms with E-state index in [2.05, 4.69) is 200 Å². The average molecular weight is 1160 g/mol. The monoisotopic (exact) mass is 1160 g/mol. The number of allylic oxidation sites excluding steroid dienone is 5. The Morgan fingerprint density at radius 3 is 1.00 bits per heavy atom. The largest absolute Gasteiger partial charge is 1.00 e. The molecule has 0 bridgehead atoms. The van der Waals surface area contributed by atoms with Crippen LogP contribution in [0.25, 0.3) is 22.3 Å². The Hall–Kier alpha value is -5.42. The van der Waals surface area contributed by atoms with Gasteiger partial charge in [-0.25, -0.2) is 0 Å². The molecule has 2 aliphatic carbocycles. The maximum absolute atomic E-state index is 10.6. The summed E-state index contributed by atoms with van der Waals surface area (Å²) in [6, 6.07) is 58.6. The van der Waals surface area contributed by atoms with Crippen molar-refractivity contribution in [3.63, 3.8) is 0 Å². The van der Waals surface area contributed by atoms with Crippen LogP contribution in [0.3, 0.4) is 0 Å². The van der Waals surface area contributed by atoms with Crippen LogP contribution >= 0.6 is 15.9 Å². The van der Waals surface area contributed by atoms with Crippen molar-refractivity contribution in [1.29, 1.82) is 0 Å². The van der Waals surface area contributed by atoms with Crippen molar-refractivity contribution in [2.45, 2.75) is 36.5 Å². The first kappa shape index (κ1) is 64.4. The van der Waals surface area contributed by atoms with E-state index in [1.165, 1.54) is 44.5 Å². The molecule has 0 aromatic heterocycles. The molecule has 8 aromatic rings. The molecule has 0 atom stereocenters. The van der Waals surface area contributed by atoms with Gasteiger partial charge < -0.3 is 31.6 Å². The Bertz CT molecular complexity index is 3300. The van der Waals surface area contributed by atoms with Crippen LogP contribution in [0.4, 0.5) is 0 Å². The van der Waals surface area contributed by atoms with Gasteiger partial charge in [-0.2, -0.15) is 0 Å². The zero-order valence-electron chi connectivity index (χ0n) is 46.0. The Kier molecular flexibility index (Phi) is 25.2. The van der Waals surface area contributed by atoms with E-state index in [1.807, 2.05) is 42.5 Å². The van der Waals surface area contributed by atoms with Crippen molar-refractivity contribution in [1.82, 2.24) is 0 Å². The molecular weight excluding hydrogens is 1100 g/mol. The van der Waals surface area contributed by atoms with Crippen LogP contribution in [0, 0.1) is 0 Å². The van der Waals surface area contributed by atoms with Gasteiger partial charge in [0.25, 0.3) is 6.47 Å². The molecule has 0 saturated carbocycles. The molecule has 0 fully saturated rings. The second-order valence-electron chi connectivity index (χ2n) is 18.2. The molecule has 0 saturated heterocycles. The second-order valence-corrected chi connectivity index (χ2v) is 18.9. The van der Waals surface area contributed by atoms with Gasteiger partial charge in [-0.3, -0.25) is 4.79 Å². The first-order valence-electron chi connectivity index (χ1n) is 25.1. The van der Waals surface area contributed by atoms with E-state index in [4.69, 9.17) is 14.8 Å². The molecule has 7 nitrogen and oxygen atoms in total. The van der Waals surface area contributed by atoms with Crippen molar-refractivity contribution >= 4 is 22.4 Å². The molecule has 390 valence electrons. The number of fused-ring (bicyclic) bond motifs is 6. The third-order valence-electron chi connectivity index (χ3n) is 13.9. The fraction of sp³-hybridized carbons (Fsp3) is 0.116. The standard InChI is InChI=1S/C34H30O2.C31H26O2.C3H5Br.CH2O3.2K.H/c1-4-11-24-22-26(17-19-32(24)35)34(27-18-20-33(36-21-6-3)25(23-27)12-5-2)30-15-9-7-13-28(30)29-14-8-10-16-31(29)34;1-3-9-21-19-23(15-17-29(21)32)31(24-16-18-30(33)22(20-24)10-4-2)27-13-7-5-11-25(27)26-12-6-8-14-28(26)31;1-2-3-4;2-1-4-3;;;/h4-10,13-20,22-23,35H,1-3,11-12,21H2;3-8,11-20,32-33H,1-2,9-10H2;2H,1,3H2;1,3H;;;/q;;;;2*+1;-1/p-1. The third kappa shape index (κ3) is 13.3. The fourth-order valence-electron chi connectivity index (χ4n) is 10.9. The predicted octanol–water partition coefficient (Wildman–Crippen LogP) is 8.82. The Morgan fingerprint density at radius 2 is 0.722 bits per heavy atom. The van der Waals surface area contributed by atoms with Crippen molar-refractivity contribution in [2.75, 3.05) is 11.9 Å². The summed E-state index contributed by atoms with van der Waals surface area (Å²) >= 11 is 3.13. The number of ether oxygens (including phenoxy) is 1. The molecule has 0 aliphatic heterocycles. The zero-order chi connectivity index (χ0) is 55.0. The molecule has 8 aromatic carbocycles. The molecule has 2 aliphatic rings. The van der Waals surface area contributed by atoms with Gasteiger partial charge in [-0.05, 0) is 139 Å². The molecule has 10 rings (SSSR count). The maximum Gasteiger partial charge on any atom is 1.00 e. The minimum atomic E-state index is -0.583. The topological polar surface area (TPSA) is 119 Å². The van der Waals surface area contributed by atoms with Gasteiger partial charge in [-0.15, -0.1) is 32.9 Å². The molecule has 3 N–H and O–H groups in total. The number of carbonyl (C=O) groups excluding carboxylic acids is 1. The van der Waals surface area contributed by atoms with Gasteiger partial charge in [0.1, 0.15) is 29.6 Å². The molecule has 79 heavy (non-hydrogen) atoms. The normalized spacial score (nSPS) is 12.0. The quantitative estimate of drug-likeness (QED) is 0.0208. The number of hydrogen-bond acceptors (Lipinski definition) is 7. The van der Waals surface area contributed by atoms with E-state index in [1.54, 1.807) is 24.3 Å². The minimum absolute atomic E-state index is 0. The number of rotatable bonds is 17. The number of halogens is 1. The fourth-order valence-corrected chi connectivity index (χ4v) is 10.9. The maximum atomic E-state index is 10.6. The first-order valence-corrected chi connectivity index (χ1v) is 26.3. The van der Waals surface area contributed by atoms with Crippen LogP contribution in [0.1, 0.15) is 68.2 Å². The van der Waals surface area contributed by atoms with Crippen LogP contribution in [0.5, 0.6) is 23.0 Å². The Balaban J connectivity index is 0.000000295. The van der Waals surface area contributed by atoms with E-state index in [0.717, 1.165) is 55.6 Å². The summed E-state index contributed by atoms with van der Waals surface area (Å²) in [7, 11) is 0. The van der Waals surface area contributed by atoms with Gasteiger partial charge in [0, 0.05) is 5.33 Å². The van der Waals surface area contributed by atoms with E-state index in [0.29, 0.717) is 32.3 Å². The number of phenols is 3. The van der Waals surface area contributed by atoms with Gasteiger partial charge >= 0.3 is 103 Å². The number of carbonyl (C=O) groups is 1. The molecule has 0 radical (unpaired) electrons. The second kappa shape index (κ2) is 31.0. The zero-order valence-corrected chi connectivity index (χ0v) is 52.9. The number of benzene rings is 8. The number of phenolic OH excluding ortho intramolecular Hbond substituents is 3. The van der Waals surface area contributed by atoms with Crippen molar-refractivity contribution in [3.05, 3.63) is 313 Å². The van der Waals surface area contributed by atoms with E-state index in [9.17, 15) is 15.3 Å². The summed E-state index contributed by atoms with van der Waals surface area (Å²) in [5.41, 5.74) is 16.6. The minimum Gasteiger partial charge on any atom is -1.00 e. The van der Waals surface area contributed by atoms with Crippen molar-refractivity contribution < 1.29 is 139 Å². The molecule has 0 spiro atoms. The summed E-state index contributed by atoms with van der Waals surface area (Å²) < 4.78 is 5.99. The summed E-state index contributed by atoms with van der Waals surface area (Å²) in [6.45, 7) is 23.1. The molecule has 0 heterocycles. The summed E-state index contributed by atoms with van der Waals surface area (Å²) in [5, 5.41) is 41.0.